The fraction of sp³-hybridized carbons (Fsp3) is 0.526. The van der Waals surface area contributed by atoms with Gasteiger partial charge in [-0.2, -0.15) is 0 Å². The molecular weight excluding hydrogens is 493 g/mol. The van der Waals surface area contributed by atoms with Gasteiger partial charge in [0.05, 0.1) is 15.7 Å². The maximum absolute atomic E-state index is 12.0. The number of benzene rings is 1. The lowest BCUT2D eigenvalue weighted by Gasteiger charge is -2.15. The average Bonchev–Trinajstić information content (AvgIpc) is 3.06. The minimum absolute atomic E-state index is 0.00489. The van der Waals surface area contributed by atoms with Crippen molar-refractivity contribution >= 4 is 51.3 Å². The van der Waals surface area contributed by atoms with Crippen LogP contribution in [0.25, 0.3) is 0 Å². The molecule has 5 N–H and O–H groups in total. The highest BCUT2D eigenvalue weighted by Gasteiger charge is 2.28. The number of carbonyl (C=O) groups is 3. The van der Waals surface area contributed by atoms with Crippen LogP contribution in [0.2, 0.25) is 0 Å². The highest BCUT2D eigenvalue weighted by Crippen LogP contribution is 2.21. The Morgan fingerprint density at radius 3 is 2.82 bits per heavy atom. The standard InChI is InChI=1S/C19H26IN3O4S/c20-13-11-12(4-6-16(13)24)5-7-17(25)22-9-2-1-3-14(21)18(26)23-15-8-10-28-19(15)27/h4,6,11,14-15,24H,1-3,5,7-10,21H2,(H,22,25)(H,23,26)/t14-,15-/m0/s1. The number of aryl methyl sites for hydroxylation is 1. The van der Waals surface area contributed by atoms with E-state index in [0.717, 1.165) is 27.7 Å². The largest absolute Gasteiger partial charge is 0.507 e. The molecule has 0 aromatic heterocycles. The van der Waals surface area contributed by atoms with Crippen molar-refractivity contribution in [2.75, 3.05) is 12.3 Å². The summed E-state index contributed by atoms with van der Waals surface area (Å²) in [6, 6.07) is 4.28. The third-order valence-corrected chi connectivity index (χ3v) is 6.38. The predicted molar refractivity (Wildman–Crippen MR) is 118 cm³/mol. The molecule has 0 aliphatic carbocycles. The molecule has 0 saturated carbocycles. The number of aromatic hydroxyl groups is 1. The van der Waals surface area contributed by atoms with Gasteiger partial charge in [-0.15, -0.1) is 0 Å². The normalized spacial score (nSPS) is 17.4. The summed E-state index contributed by atoms with van der Waals surface area (Å²) in [5.41, 5.74) is 6.89. The predicted octanol–water partition coefficient (Wildman–Crippen LogP) is 1.69. The van der Waals surface area contributed by atoms with Crippen LogP contribution in [0, 0.1) is 3.57 Å². The summed E-state index contributed by atoms with van der Waals surface area (Å²) in [6.45, 7) is 0.540. The molecule has 154 valence electrons. The molecule has 2 rings (SSSR count). The first-order valence-corrected chi connectivity index (χ1v) is 11.4. The van der Waals surface area contributed by atoms with Gasteiger partial charge in [0.2, 0.25) is 16.9 Å². The lowest BCUT2D eigenvalue weighted by molar-refractivity contribution is -0.125. The van der Waals surface area contributed by atoms with Gasteiger partial charge in [-0.05, 0) is 72.4 Å². The summed E-state index contributed by atoms with van der Waals surface area (Å²) in [7, 11) is 0. The number of thioether (sulfide) groups is 1. The van der Waals surface area contributed by atoms with Crippen LogP contribution in [-0.4, -0.2) is 46.4 Å². The van der Waals surface area contributed by atoms with Gasteiger partial charge in [-0.25, -0.2) is 0 Å². The van der Waals surface area contributed by atoms with Crippen molar-refractivity contribution in [3.8, 4) is 5.75 Å². The van der Waals surface area contributed by atoms with Gasteiger partial charge in [-0.3, -0.25) is 14.4 Å². The van der Waals surface area contributed by atoms with Crippen LogP contribution in [0.4, 0.5) is 0 Å². The van der Waals surface area contributed by atoms with Crippen molar-refractivity contribution in [3.05, 3.63) is 27.3 Å². The van der Waals surface area contributed by atoms with Gasteiger partial charge in [0.15, 0.2) is 0 Å². The van der Waals surface area contributed by atoms with Crippen molar-refractivity contribution in [3.63, 3.8) is 0 Å². The highest BCUT2D eigenvalue weighted by atomic mass is 127. The Labute approximate surface area is 182 Å². The Bertz CT molecular complexity index is 716. The Morgan fingerprint density at radius 2 is 2.14 bits per heavy atom. The van der Waals surface area contributed by atoms with Gasteiger partial charge >= 0.3 is 0 Å². The van der Waals surface area contributed by atoms with Crippen LogP contribution in [0.5, 0.6) is 5.75 Å². The fourth-order valence-electron chi connectivity index (χ4n) is 2.81. The fourth-order valence-corrected chi connectivity index (χ4v) is 4.32. The topological polar surface area (TPSA) is 122 Å². The number of hydrogen-bond acceptors (Lipinski definition) is 6. The number of amides is 2. The van der Waals surface area contributed by atoms with Crippen LogP contribution < -0.4 is 16.4 Å². The summed E-state index contributed by atoms with van der Waals surface area (Å²) in [4.78, 5) is 35.4. The molecule has 1 aliphatic rings. The second-order valence-electron chi connectivity index (χ2n) is 6.76. The van der Waals surface area contributed by atoms with E-state index in [1.54, 1.807) is 6.07 Å². The molecule has 2 atom stereocenters. The highest BCUT2D eigenvalue weighted by molar-refractivity contribution is 14.1. The zero-order chi connectivity index (χ0) is 20.5. The lowest BCUT2D eigenvalue weighted by Crippen LogP contribution is -2.46. The molecular formula is C19H26IN3O4S. The van der Waals surface area contributed by atoms with Crippen molar-refractivity contribution in [2.45, 2.75) is 50.6 Å². The Hall–Kier alpha value is -1.33. The zero-order valence-corrected chi connectivity index (χ0v) is 18.6. The van der Waals surface area contributed by atoms with E-state index in [0.29, 0.717) is 32.2 Å². The van der Waals surface area contributed by atoms with E-state index < -0.39 is 12.1 Å². The molecule has 28 heavy (non-hydrogen) atoms. The maximum atomic E-state index is 12.0. The van der Waals surface area contributed by atoms with Crippen LogP contribution in [0.3, 0.4) is 0 Å². The van der Waals surface area contributed by atoms with E-state index in [9.17, 15) is 19.5 Å². The minimum atomic E-state index is -0.633. The number of halogens is 1. The third kappa shape index (κ3) is 7.59. The molecule has 0 unspecified atom stereocenters. The van der Waals surface area contributed by atoms with E-state index >= 15 is 0 Å². The molecule has 0 spiro atoms. The van der Waals surface area contributed by atoms with Crippen molar-refractivity contribution in [2.24, 2.45) is 5.73 Å². The zero-order valence-electron chi connectivity index (χ0n) is 15.6. The smallest absolute Gasteiger partial charge is 0.237 e. The second-order valence-corrected chi connectivity index (χ2v) is 9.02. The van der Waals surface area contributed by atoms with Crippen LogP contribution >= 0.6 is 34.4 Å². The SMILES string of the molecule is N[C@@H](CCCCNC(=O)CCc1ccc(O)c(I)c1)C(=O)N[C@H]1CCSC1=O. The molecule has 1 fully saturated rings. The number of unbranched alkanes of at least 4 members (excludes halogenated alkanes) is 1. The van der Waals surface area contributed by atoms with E-state index in [-0.39, 0.29) is 22.7 Å². The number of phenols is 1. The number of phenolic OH excluding ortho intramolecular Hbond substituents is 1. The first kappa shape index (κ1) is 23.0. The van der Waals surface area contributed by atoms with Crippen LogP contribution in [0.1, 0.15) is 37.7 Å². The molecule has 0 bridgehead atoms. The van der Waals surface area contributed by atoms with Gasteiger partial charge in [-0.1, -0.05) is 17.8 Å². The Balaban J connectivity index is 1.55. The first-order valence-electron chi connectivity index (χ1n) is 9.33. The van der Waals surface area contributed by atoms with E-state index in [1.807, 2.05) is 12.1 Å². The number of carbonyl (C=O) groups excluding carboxylic acids is 3. The molecule has 1 saturated heterocycles. The number of rotatable bonds is 10. The van der Waals surface area contributed by atoms with E-state index in [2.05, 4.69) is 33.2 Å². The van der Waals surface area contributed by atoms with Crippen LogP contribution in [0.15, 0.2) is 18.2 Å². The lowest BCUT2D eigenvalue weighted by atomic mass is 10.1. The molecule has 1 heterocycles. The maximum Gasteiger partial charge on any atom is 0.237 e. The Kier molecular flexibility index (Phi) is 9.52. The molecule has 0 radical (unpaired) electrons. The first-order chi connectivity index (χ1) is 13.4. The summed E-state index contributed by atoms with van der Waals surface area (Å²) in [6.07, 6.45) is 3.64. The number of nitrogens with two attached hydrogens (primary N) is 1. The monoisotopic (exact) mass is 519 g/mol. The minimum Gasteiger partial charge on any atom is -0.507 e. The second kappa shape index (κ2) is 11.6. The summed E-state index contributed by atoms with van der Waals surface area (Å²) in [5, 5.41) is 15.1. The number of hydrogen-bond donors (Lipinski definition) is 4. The number of nitrogens with one attached hydrogen (secondary N) is 2. The molecule has 9 heteroatoms. The molecule has 1 aromatic rings. The van der Waals surface area contributed by atoms with Gasteiger partial charge < -0.3 is 21.5 Å². The van der Waals surface area contributed by atoms with Crippen LogP contribution in [-0.2, 0) is 20.8 Å². The van der Waals surface area contributed by atoms with Crippen molar-refractivity contribution < 1.29 is 19.5 Å². The molecule has 1 aromatic carbocycles. The van der Waals surface area contributed by atoms with Crippen molar-refractivity contribution in [1.29, 1.82) is 0 Å². The third-order valence-electron chi connectivity index (χ3n) is 4.51. The van der Waals surface area contributed by atoms with Gasteiger partial charge in [0.25, 0.3) is 0 Å². The van der Waals surface area contributed by atoms with E-state index in [4.69, 9.17) is 5.73 Å². The molecule has 7 nitrogen and oxygen atoms in total. The van der Waals surface area contributed by atoms with E-state index in [1.165, 1.54) is 11.8 Å². The summed E-state index contributed by atoms with van der Waals surface area (Å²) < 4.78 is 0.770. The van der Waals surface area contributed by atoms with Gasteiger partial charge in [0.1, 0.15) is 5.75 Å². The summed E-state index contributed by atoms with van der Waals surface area (Å²) in [5.74, 6) is 0.676. The molecule has 2 amide bonds. The summed E-state index contributed by atoms with van der Waals surface area (Å²) >= 11 is 3.30. The quantitative estimate of drug-likeness (QED) is 0.276. The Morgan fingerprint density at radius 1 is 1.36 bits per heavy atom. The van der Waals surface area contributed by atoms with Gasteiger partial charge in [0, 0.05) is 18.7 Å². The average molecular weight is 519 g/mol. The molecule has 1 aliphatic heterocycles. The van der Waals surface area contributed by atoms with Crippen molar-refractivity contribution in [1.82, 2.24) is 10.6 Å².